The lowest BCUT2D eigenvalue weighted by Crippen LogP contribution is -2.54. The highest BCUT2D eigenvalue weighted by Crippen LogP contribution is 2.39. The van der Waals surface area contributed by atoms with Gasteiger partial charge < -0.3 is 30.5 Å². The van der Waals surface area contributed by atoms with E-state index < -0.39 is 47.3 Å². The van der Waals surface area contributed by atoms with E-state index in [9.17, 15) is 37.1 Å². The number of anilines is 6. The van der Waals surface area contributed by atoms with E-state index in [2.05, 4.69) is 41.0 Å². The van der Waals surface area contributed by atoms with Gasteiger partial charge in [0.05, 0.1) is 46.4 Å². The highest BCUT2D eigenvalue weighted by atomic mass is 19.4. The summed E-state index contributed by atoms with van der Waals surface area (Å²) in [7, 11) is 2.97. The first-order valence-corrected chi connectivity index (χ1v) is 20.5. The van der Waals surface area contributed by atoms with E-state index in [-0.39, 0.29) is 46.7 Å². The zero-order chi connectivity index (χ0) is 43.7. The van der Waals surface area contributed by atoms with Gasteiger partial charge in [-0.3, -0.25) is 39.1 Å². The molecule has 4 aliphatic heterocycles. The van der Waals surface area contributed by atoms with Crippen molar-refractivity contribution in [3.63, 3.8) is 0 Å². The molecule has 5 heterocycles. The fraction of sp³-hybridized carbons (Fsp3) is 0.364. The number of imide groups is 2. The minimum absolute atomic E-state index is 0.0686. The van der Waals surface area contributed by atoms with E-state index in [1.54, 1.807) is 24.3 Å². The number of ether oxygens (including phenoxy) is 1. The molecule has 4 aromatic rings. The Bertz CT molecular complexity index is 2410. The minimum atomic E-state index is -4.71. The molecule has 0 spiro atoms. The van der Waals surface area contributed by atoms with Gasteiger partial charge >= 0.3 is 6.18 Å². The molecule has 4 aliphatic rings. The fourth-order valence-electron chi connectivity index (χ4n) is 8.62. The molecule has 324 valence electrons. The van der Waals surface area contributed by atoms with Crippen molar-refractivity contribution < 1.29 is 41.9 Å². The second-order valence-corrected chi connectivity index (χ2v) is 15.8. The summed E-state index contributed by atoms with van der Waals surface area (Å²) in [5, 5.41) is 10.6. The summed E-state index contributed by atoms with van der Waals surface area (Å²) in [5.74, 6) is -1.39. The summed E-state index contributed by atoms with van der Waals surface area (Å²) in [6.45, 7) is 5.82. The van der Waals surface area contributed by atoms with Crippen LogP contribution < -0.4 is 35.8 Å². The Balaban J connectivity index is 0.850. The number of fused-ring (bicyclic) bond motifs is 1. The van der Waals surface area contributed by atoms with Crippen LogP contribution in [0.3, 0.4) is 0 Å². The van der Waals surface area contributed by atoms with E-state index in [1.165, 1.54) is 32.4 Å². The number of piperazine rings is 1. The Hall–Kier alpha value is -6.69. The zero-order valence-corrected chi connectivity index (χ0v) is 34.2. The van der Waals surface area contributed by atoms with Gasteiger partial charge in [0.1, 0.15) is 17.6 Å². The summed E-state index contributed by atoms with van der Waals surface area (Å²) in [6, 6.07) is 17.4. The lowest BCUT2D eigenvalue weighted by atomic mass is 9.95. The molecule has 1 atom stereocenters. The van der Waals surface area contributed by atoms with Crippen molar-refractivity contribution in [1.29, 1.82) is 0 Å². The van der Waals surface area contributed by atoms with E-state index >= 15 is 0 Å². The van der Waals surface area contributed by atoms with Gasteiger partial charge in [-0.05, 0) is 67.6 Å². The van der Waals surface area contributed by atoms with Crippen LogP contribution in [0.4, 0.5) is 47.4 Å². The monoisotopic (exact) mass is 853 g/mol. The fourth-order valence-corrected chi connectivity index (χ4v) is 8.62. The Morgan fingerprint density at radius 3 is 2.21 bits per heavy atom. The van der Waals surface area contributed by atoms with E-state index in [0.717, 1.165) is 81.1 Å². The number of alkyl halides is 3. The van der Waals surface area contributed by atoms with Crippen LogP contribution in [-0.4, -0.2) is 110 Å². The number of methoxy groups -OCH3 is 1. The number of rotatable bonds is 11. The summed E-state index contributed by atoms with van der Waals surface area (Å²) < 4.78 is 47.9. The largest absolute Gasteiger partial charge is 0.494 e. The molecular weight excluding hydrogens is 808 g/mol. The molecule has 15 nitrogen and oxygen atoms in total. The molecule has 0 saturated carbocycles. The predicted octanol–water partition coefficient (Wildman–Crippen LogP) is 5.40. The maximum absolute atomic E-state index is 14.1. The van der Waals surface area contributed by atoms with Crippen LogP contribution >= 0.6 is 0 Å². The predicted molar refractivity (Wildman–Crippen MR) is 225 cm³/mol. The second kappa shape index (κ2) is 17.4. The van der Waals surface area contributed by atoms with Crippen LogP contribution in [0.5, 0.6) is 5.75 Å². The number of aromatic nitrogens is 1. The van der Waals surface area contributed by atoms with Crippen molar-refractivity contribution >= 4 is 63.8 Å². The lowest BCUT2D eigenvalue weighted by Gasteiger charge is -2.40. The van der Waals surface area contributed by atoms with Crippen LogP contribution in [0.15, 0.2) is 72.9 Å². The van der Waals surface area contributed by atoms with E-state index in [4.69, 9.17) is 4.74 Å². The lowest BCUT2D eigenvalue weighted by molar-refractivity contribution is -0.137. The molecule has 18 heteroatoms. The van der Waals surface area contributed by atoms with E-state index in [1.807, 2.05) is 24.3 Å². The number of carbonyl (C=O) groups is 5. The molecule has 3 saturated heterocycles. The maximum atomic E-state index is 14.1. The number of nitrogens with zero attached hydrogens (tertiary/aromatic N) is 5. The van der Waals surface area contributed by atoms with Crippen molar-refractivity contribution in [2.24, 2.45) is 5.92 Å². The number of amides is 5. The van der Waals surface area contributed by atoms with Crippen molar-refractivity contribution in [2.45, 2.75) is 37.9 Å². The van der Waals surface area contributed by atoms with Gasteiger partial charge in [0.2, 0.25) is 11.8 Å². The summed E-state index contributed by atoms with van der Waals surface area (Å²) in [5.41, 5.74) is 1.99. The molecular formula is C44H46F3N9O6. The normalized spacial score (nSPS) is 18.7. The van der Waals surface area contributed by atoms with E-state index in [0.29, 0.717) is 17.4 Å². The molecule has 1 unspecified atom stereocenters. The number of carbonyl (C=O) groups excluding carboxylic acids is 5. The average molecular weight is 854 g/mol. The summed E-state index contributed by atoms with van der Waals surface area (Å²) in [6.07, 6.45) is -1.80. The standard InChI is InChI=1S/C44H46F3N9O6/c1-48-40(58)30-5-3-4-6-33(30)50-35-23-38(49-24-32(35)44(45,46)47)51-34-10-8-28(22-37(34)62-2)54-15-13-26(14-16-54)25-53-17-19-55(20-18-53)27-7-9-29-31(21-27)43(61)56(42(29)60)36-11-12-39(57)52-41(36)59/h3-10,21-24,26,36H,11-20,25H2,1-2H3,(H,48,58)(H2,49,50,51)(H,52,57,59). The number of hydrogen-bond donors (Lipinski definition) is 4. The van der Waals surface area contributed by atoms with Crippen molar-refractivity contribution in [1.82, 2.24) is 25.4 Å². The molecule has 0 bridgehead atoms. The number of halogens is 3. The number of benzene rings is 3. The molecule has 62 heavy (non-hydrogen) atoms. The number of piperidine rings is 2. The number of pyridine rings is 1. The van der Waals surface area contributed by atoms with Crippen molar-refractivity contribution in [3.05, 3.63) is 95.2 Å². The minimum Gasteiger partial charge on any atom is -0.494 e. The van der Waals surface area contributed by atoms with Gasteiger partial charge in [-0.25, -0.2) is 4.98 Å². The maximum Gasteiger partial charge on any atom is 0.419 e. The molecule has 5 amide bonds. The van der Waals surface area contributed by atoms with Crippen LogP contribution in [0.1, 0.15) is 62.3 Å². The van der Waals surface area contributed by atoms with Gasteiger partial charge in [-0.15, -0.1) is 0 Å². The Morgan fingerprint density at radius 1 is 0.806 bits per heavy atom. The quantitative estimate of drug-likeness (QED) is 0.142. The van der Waals surface area contributed by atoms with Crippen molar-refractivity contribution in [2.75, 3.05) is 80.4 Å². The molecule has 1 aromatic heterocycles. The van der Waals surface area contributed by atoms with Gasteiger partial charge in [0.25, 0.3) is 17.7 Å². The molecule has 3 aromatic carbocycles. The first-order chi connectivity index (χ1) is 29.8. The molecule has 0 aliphatic carbocycles. The molecule has 3 fully saturated rings. The average Bonchev–Trinajstić information content (AvgIpc) is 3.51. The van der Waals surface area contributed by atoms with Gasteiger partial charge in [0.15, 0.2) is 0 Å². The third-order valence-corrected chi connectivity index (χ3v) is 12.0. The van der Waals surface area contributed by atoms with Crippen LogP contribution in [0.2, 0.25) is 0 Å². The highest BCUT2D eigenvalue weighted by molar-refractivity contribution is 6.23. The smallest absolute Gasteiger partial charge is 0.419 e. The highest BCUT2D eigenvalue weighted by Gasteiger charge is 2.45. The zero-order valence-electron chi connectivity index (χ0n) is 34.2. The molecule has 0 radical (unpaired) electrons. The van der Waals surface area contributed by atoms with Gasteiger partial charge in [-0.1, -0.05) is 12.1 Å². The van der Waals surface area contributed by atoms with Crippen LogP contribution in [-0.2, 0) is 15.8 Å². The first-order valence-electron chi connectivity index (χ1n) is 20.5. The number of nitrogens with one attached hydrogen (secondary N) is 4. The first kappa shape index (κ1) is 42.0. The topological polar surface area (TPSA) is 169 Å². The SMILES string of the molecule is CNC(=O)c1ccccc1Nc1cc(Nc2ccc(N3CCC(CN4CCN(c5ccc6c(c5)C(=O)N(C5CCC(=O)NC5=O)C6=O)CC4)CC3)cc2OC)ncc1C(F)(F)F. The number of hydrogen-bond acceptors (Lipinski definition) is 12. The van der Waals surface area contributed by atoms with Crippen molar-refractivity contribution in [3.8, 4) is 5.75 Å². The molecule has 4 N–H and O–H groups in total. The van der Waals surface area contributed by atoms with Crippen LogP contribution in [0, 0.1) is 5.92 Å². The third kappa shape index (κ3) is 8.59. The molecule has 8 rings (SSSR count). The van der Waals surface area contributed by atoms with Gasteiger partial charge in [-0.2, -0.15) is 13.2 Å². The summed E-state index contributed by atoms with van der Waals surface area (Å²) in [4.78, 5) is 75.0. The summed E-state index contributed by atoms with van der Waals surface area (Å²) >= 11 is 0. The Morgan fingerprint density at radius 2 is 1.50 bits per heavy atom. The third-order valence-electron chi connectivity index (χ3n) is 12.0. The van der Waals surface area contributed by atoms with Gasteiger partial charge in [0, 0.05) is 89.0 Å². The second-order valence-electron chi connectivity index (χ2n) is 15.8. The Kier molecular flexibility index (Phi) is 11.8. The van der Waals surface area contributed by atoms with Crippen LogP contribution in [0.25, 0.3) is 0 Å². The number of para-hydroxylation sites is 1. The Labute approximate surface area is 355 Å².